The molecule has 22 rings (SSSR count). The summed E-state index contributed by atoms with van der Waals surface area (Å²) in [4.78, 5) is 39.8. The van der Waals surface area contributed by atoms with E-state index < -0.39 is 285 Å². The Morgan fingerprint density at radius 2 is 0.600 bits per heavy atom. The van der Waals surface area contributed by atoms with Gasteiger partial charge in [0.15, 0.2) is 44.0 Å². The Kier molecular flexibility index (Phi) is 23.9. The maximum Gasteiger partial charge on any atom is 0.328 e. The number of aromatic nitrogens is 2. The normalized spacial score (nSPS) is 49.0. The average Bonchev–Trinajstić information content (AvgIpc) is 1.02. The molecule has 21 fully saturated rings. The SMILES string of the molecule is Cc1cn(CCC(=O)NC[C@H]2O[C@@H]3O[C@H]4[C@H](O)[C@@H](O)[C@@H](O[C@H]5[C@H](O)[C@@H](O)[C@@H](O[C@H]6[C@H](O)[C@@H](O)[C@@H](O[C@H]7[C@H](O)[C@@H](O)[C@@H](O[C@H]8[C@H](O)[C@@H](O)[C@@H](O[C@H]9[C@H](O)[C@@H](O)[C@@H](O[C@H]2[C@H](O)[C@H]3O)O[C@@H]9CO)O[C@@H]8CO)O[C@@H]7CO)O[C@@H]6CO)O[C@@H]5CO)O[C@@H]4CO)c(=O)[nH]c1=O. The summed E-state index contributed by atoms with van der Waals surface area (Å²) in [6, 6.07) is 0. The van der Waals surface area contributed by atoms with Crippen LogP contribution in [0.25, 0.3) is 0 Å². The van der Waals surface area contributed by atoms with E-state index in [2.05, 4.69) is 10.3 Å². The van der Waals surface area contributed by atoms with E-state index in [0.717, 1.165) is 4.57 Å². The van der Waals surface area contributed by atoms with Crippen LogP contribution in [0.5, 0.6) is 0 Å². The van der Waals surface area contributed by atoms with Gasteiger partial charge in [0, 0.05) is 31.3 Å². The second-order valence-electron chi connectivity index (χ2n) is 22.8. The van der Waals surface area contributed by atoms with Gasteiger partial charge < -0.3 is 174 Å². The van der Waals surface area contributed by atoms with Crippen molar-refractivity contribution in [2.75, 3.05) is 46.2 Å². The van der Waals surface area contributed by atoms with E-state index in [4.69, 9.17) is 66.3 Å². The minimum absolute atomic E-state index is 0.132. The summed E-state index contributed by atoms with van der Waals surface area (Å²) in [7, 11) is 0. The first-order valence-corrected chi connectivity index (χ1v) is 28.7. The molecular formula is C50H79N3O37. The number of carbonyl (C=O) groups is 1. The van der Waals surface area contributed by atoms with Crippen LogP contribution < -0.4 is 16.6 Å². The van der Waals surface area contributed by atoms with Crippen molar-refractivity contribution in [3.8, 4) is 0 Å². The fourth-order valence-corrected chi connectivity index (χ4v) is 11.7. The molecule has 14 bridgehead atoms. The number of nitrogens with zero attached hydrogens (tertiary/aromatic N) is 1. The van der Waals surface area contributed by atoms with E-state index in [0.29, 0.717) is 0 Å². The third kappa shape index (κ3) is 14.5. The van der Waals surface area contributed by atoms with Crippen molar-refractivity contribution in [2.45, 2.75) is 235 Å². The maximum absolute atomic E-state index is 13.4. The zero-order chi connectivity index (χ0) is 65.5. The lowest BCUT2D eigenvalue weighted by Crippen LogP contribution is -2.68. The zero-order valence-electron chi connectivity index (χ0n) is 47.5. The highest BCUT2D eigenvalue weighted by molar-refractivity contribution is 5.75. The van der Waals surface area contributed by atoms with E-state index >= 15 is 0 Å². The Bertz CT molecular complexity index is 2580. The van der Waals surface area contributed by atoms with Crippen molar-refractivity contribution in [3.63, 3.8) is 0 Å². The van der Waals surface area contributed by atoms with Crippen molar-refractivity contribution >= 4 is 5.91 Å². The molecule has 35 atom stereocenters. The van der Waals surface area contributed by atoms with Gasteiger partial charge in [-0.25, -0.2) is 4.79 Å². The third-order valence-electron chi connectivity index (χ3n) is 16.9. The number of H-pyrrole nitrogens is 1. The van der Waals surface area contributed by atoms with Gasteiger partial charge in [0.1, 0.15) is 171 Å². The molecule has 0 unspecified atom stereocenters. The molecular weight excluding hydrogens is 1230 g/mol. The Morgan fingerprint density at radius 1 is 0.378 bits per heavy atom. The van der Waals surface area contributed by atoms with E-state index in [-0.39, 0.29) is 12.1 Å². The summed E-state index contributed by atoms with van der Waals surface area (Å²) < 4.78 is 81.8. The van der Waals surface area contributed by atoms with Gasteiger partial charge in [0.05, 0.1) is 39.6 Å². The number of hydrogen-bond donors (Lipinski definition) is 22. The highest BCUT2D eigenvalue weighted by atomic mass is 16.8. The summed E-state index contributed by atoms with van der Waals surface area (Å²) >= 11 is 0. The van der Waals surface area contributed by atoms with Gasteiger partial charge >= 0.3 is 5.69 Å². The smallest absolute Gasteiger partial charge is 0.328 e. The van der Waals surface area contributed by atoms with E-state index in [9.17, 15) is 117 Å². The Hall–Kier alpha value is -3.21. The number of hydrogen-bond acceptors (Lipinski definition) is 37. The molecule has 40 heteroatoms. The predicted molar refractivity (Wildman–Crippen MR) is 275 cm³/mol. The van der Waals surface area contributed by atoms with Crippen LogP contribution >= 0.6 is 0 Å². The van der Waals surface area contributed by atoms with Crippen LogP contribution in [0, 0.1) is 6.92 Å². The third-order valence-corrected chi connectivity index (χ3v) is 16.9. The first-order chi connectivity index (χ1) is 42.8. The van der Waals surface area contributed by atoms with Gasteiger partial charge in [-0.1, -0.05) is 0 Å². The molecule has 1 aromatic rings. The van der Waals surface area contributed by atoms with Gasteiger partial charge in [0.25, 0.3) is 5.56 Å². The predicted octanol–water partition coefficient (Wildman–Crippen LogP) is -15.9. The molecule has 21 saturated heterocycles. The highest BCUT2D eigenvalue weighted by Crippen LogP contribution is 2.39. The van der Waals surface area contributed by atoms with Gasteiger partial charge in [-0.15, -0.1) is 0 Å². The van der Waals surface area contributed by atoms with Crippen molar-refractivity contribution < 1.29 is 173 Å². The lowest BCUT2D eigenvalue weighted by Gasteiger charge is -2.50. The number of ether oxygens (including phenoxy) is 14. The molecule has 1 aromatic heterocycles. The van der Waals surface area contributed by atoms with E-state index in [1.807, 2.05) is 0 Å². The molecule has 40 nitrogen and oxygen atoms in total. The molecule has 516 valence electrons. The molecule has 21 aliphatic rings. The summed E-state index contributed by atoms with van der Waals surface area (Å²) in [6.45, 7) is -6.15. The number of nitrogens with one attached hydrogen (secondary N) is 2. The van der Waals surface area contributed by atoms with E-state index in [1.54, 1.807) is 0 Å². The van der Waals surface area contributed by atoms with Gasteiger partial charge in [0.2, 0.25) is 5.91 Å². The monoisotopic (exact) mass is 1310 g/mol. The number of aromatic amines is 1. The first kappa shape index (κ1) is 71.1. The molecule has 0 spiro atoms. The molecule has 1 amide bonds. The standard InChI is InChI=1S/C50H79N3O37/c1-12-5-53(50(76)52-42(12)75)3-2-20(60)51-4-13-35-21(61)28(68)43(77-13)85-36-14(6-54)79-45(30(70)23(36)63)87-38-16(8-56)81-47(32(72)25(38)65)89-40-18(10-58)83-49(34(74)27(40)67)90-41-19(11-59)82-48(33(73)26(41)66)88-39-17(9-57)80-46(31(71)24(39)64)86-37-15(7-55)78-44(84-35)29(69)22(37)62/h5,13-19,21-41,43-49,54-59,61-74H,2-4,6-11H2,1H3,(H,51,60)(H,52,75,76)/t13-,14-,15-,16-,17-,18-,19-,21-,22-,23-,24-,25-,26-,27-,28-,29-,30-,31-,32-,33-,34-,35-,36-,37-,38-,39-,40-,41-,43-,44-,45-,46-,47-,48-,49-/m1/s1. The highest BCUT2D eigenvalue weighted by Gasteiger charge is 2.59. The van der Waals surface area contributed by atoms with Crippen LogP contribution in [-0.2, 0) is 77.7 Å². The van der Waals surface area contributed by atoms with Crippen LogP contribution in [0.4, 0.5) is 0 Å². The van der Waals surface area contributed by atoms with Gasteiger partial charge in [-0.2, -0.15) is 0 Å². The molecule has 0 saturated carbocycles. The molecule has 22 heterocycles. The topological polar surface area (TPSA) is 618 Å². The van der Waals surface area contributed by atoms with Crippen LogP contribution in [0.1, 0.15) is 12.0 Å². The molecule has 0 aromatic carbocycles. The number of amides is 1. The molecule has 21 aliphatic heterocycles. The van der Waals surface area contributed by atoms with E-state index in [1.165, 1.54) is 13.1 Å². The summed E-state index contributed by atoms with van der Waals surface area (Å²) in [5, 5.41) is 226. The van der Waals surface area contributed by atoms with Crippen molar-refractivity contribution in [1.82, 2.24) is 14.9 Å². The van der Waals surface area contributed by atoms with Gasteiger partial charge in [-0.05, 0) is 6.92 Å². The van der Waals surface area contributed by atoms with Crippen LogP contribution in [-0.4, -0.2) is 379 Å². The number of rotatable bonds is 11. The second-order valence-corrected chi connectivity index (χ2v) is 22.8. The number of aliphatic hydroxyl groups is 20. The quantitative estimate of drug-likeness (QED) is 0.0978. The van der Waals surface area contributed by atoms with Crippen molar-refractivity contribution in [2.24, 2.45) is 0 Å². The second kappa shape index (κ2) is 30.3. The lowest BCUT2D eigenvalue weighted by atomic mass is 9.95. The zero-order valence-corrected chi connectivity index (χ0v) is 47.5. The number of aryl methyl sites for hydroxylation is 2. The number of aliphatic hydroxyl groups excluding tert-OH is 20. The minimum Gasteiger partial charge on any atom is -0.394 e. The fraction of sp³-hybridized carbons (Fsp3) is 0.900. The number of carbonyl (C=O) groups excluding carboxylic acids is 1. The Balaban J connectivity index is 1.01. The molecule has 0 aliphatic carbocycles. The molecule has 90 heavy (non-hydrogen) atoms. The first-order valence-electron chi connectivity index (χ1n) is 28.7. The van der Waals surface area contributed by atoms with Crippen LogP contribution in [0.3, 0.4) is 0 Å². The lowest BCUT2D eigenvalue weighted by molar-refractivity contribution is -0.396. The van der Waals surface area contributed by atoms with Crippen LogP contribution in [0.2, 0.25) is 0 Å². The Labute approximate surface area is 506 Å². The van der Waals surface area contributed by atoms with Gasteiger partial charge in [-0.3, -0.25) is 19.1 Å². The largest absolute Gasteiger partial charge is 0.394 e. The minimum atomic E-state index is -2.31. The molecule has 22 N–H and O–H groups in total. The molecule has 0 radical (unpaired) electrons. The average molecular weight is 1310 g/mol. The maximum atomic E-state index is 13.4. The summed E-state index contributed by atoms with van der Waals surface area (Å²) in [5.74, 6) is -0.819. The summed E-state index contributed by atoms with van der Waals surface area (Å²) in [5.41, 5.74) is -1.40. The van der Waals surface area contributed by atoms with Crippen molar-refractivity contribution in [3.05, 3.63) is 32.6 Å². The fourth-order valence-electron chi connectivity index (χ4n) is 11.7. The van der Waals surface area contributed by atoms with Crippen LogP contribution in [0.15, 0.2) is 15.8 Å². The Morgan fingerprint density at radius 3 is 0.833 bits per heavy atom. The summed E-state index contributed by atoms with van der Waals surface area (Å²) in [6.07, 6.45) is -71.6. The van der Waals surface area contributed by atoms with Crippen molar-refractivity contribution in [1.29, 1.82) is 0 Å².